The molecule has 1 atom stereocenters. The fourth-order valence-corrected chi connectivity index (χ4v) is 1.84. The molecule has 0 amide bonds. The second-order valence-electron chi connectivity index (χ2n) is 4.55. The number of hydrogen-bond acceptors (Lipinski definition) is 3. The molecule has 0 radical (unpaired) electrons. The number of ether oxygens (including phenoxy) is 1. The van der Waals surface area contributed by atoms with Gasteiger partial charge >= 0.3 is 5.97 Å². The van der Waals surface area contributed by atoms with Crippen LogP contribution >= 0.6 is 0 Å². The first kappa shape index (κ1) is 15.4. The fourth-order valence-electron chi connectivity index (χ4n) is 1.84. The lowest BCUT2D eigenvalue weighted by Crippen LogP contribution is -2.40. The summed E-state index contributed by atoms with van der Waals surface area (Å²) in [6, 6.07) is 0. The van der Waals surface area contributed by atoms with Gasteiger partial charge in [0.1, 0.15) is 0 Å². The molecule has 0 aliphatic heterocycles. The first-order chi connectivity index (χ1) is 7.46. The maximum atomic E-state index is 11.2. The van der Waals surface area contributed by atoms with Crippen LogP contribution in [0.2, 0.25) is 0 Å². The number of nitrogens with zero attached hydrogens (tertiary/aromatic N) is 1. The quantitative estimate of drug-likeness (QED) is 0.615. The van der Waals surface area contributed by atoms with Crippen molar-refractivity contribution in [2.24, 2.45) is 5.41 Å². The Kier molecular flexibility index (Phi) is 7.34. The highest BCUT2D eigenvalue weighted by atomic mass is 16.5. The normalized spacial score (nSPS) is 15.1. The van der Waals surface area contributed by atoms with Crippen LogP contribution in [0, 0.1) is 5.41 Å². The van der Waals surface area contributed by atoms with E-state index >= 15 is 0 Å². The second-order valence-corrected chi connectivity index (χ2v) is 4.55. The largest absolute Gasteiger partial charge is 0.481 e. The van der Waals surface area contributed by atoms with E-state index in [4.69, 9.17) is 4.74 Å². The molecular formula is C12H25NO3. The molecule has 4 heteroatoms. The number of carboxylic acids is 1. The summed E-state index contributed by atoms with van der Waals surface area (Å²) in [5.74, 6) is -0.711. The van der Waals surface area contributed by atoms with Crippen LogP contribution in [0.5, 0.6) is 0 Å². The van der Waals surface area contributed by atoms with Gasteiger partial charge in [0.15, 0.2) is 0 Å². The molecule has 0 fully saturated rings. The average molecular weight is 231 g/mol. The van der Waals surface area contributed by atoms with Crippen molar-refractivity contribution < 1.29 is 14.6 Å². The van der Waals surface area contributed by atoms with Gasteiger partial charge in [0.25, 0.3) is 0 Å². The third-order valence-corrected chi connectivity index (χ3v) is 2.76. The van der Waals surface area contributed by atoms with Crippen LogP contribution in [-0.4, -0.2) is 49.3 Å². The van der Waals surface area contributed by atoms with Gasteiger partial charge in [0, 0.05) is 19.7 Å². The Balaban J connectivity index is 4.13. The van der Waals surface area contributed by atoms with Crippen molar-refractivity contribution in [2.45, 2.75) is 33.6 Å². The molecule has 0 aromatic heterocycles. The topological polar surface area (TPSA) is 49.8 Å². The van der Waals surface area contributed by atoms with Crippen molar-refractivity contribution in [2.75, 3.05) is 33.4 Å². The molecule has 0 saturated carbocycles. The van der Waals surface area contributed by atoms with Gasteiger partial charge < -0.3 is 14.7 Å². The van der Waals surface area contributed by atoms with Crippen molar-refractivity contribution >= 4 is 5.97 Å². The summed E-state index contributed by atoms with van der Waals surface area (Å²) in [4.78, 5) is 13.2. The van der Waals surface area contributed by atoms with E-state index in [2.05, 4.69) is 0 Å². The average Bonchev–Trinajstić information content (AvgIpc) is 2.18. The van der Waals surface area contributed by atoms with Gasteiger partial charge in [-0.25, -0.2) is 0 Å². The van der Waals surface area contributed by atoms with Crippen molar-refractivity contribution in [1.29, 1.82) is 0 Å². The van der Waals surface area contributed by atoms with Gasteiger partial charge in [0.2, 0.25) is 0 Å². The van der Waals surface area contributed by atoms with E-state index in [0.29, 0.717) is 26.2 Å². The third kappa shape index (κ3) is 5.47. The molecule has 4 nitrogen and oxygen atoms in total. The van der Waals surface area contributed by atoms with Crippen LogP contribution in [0.4, 0.5) is 0 Å². The Hall–Kier alpha value is -0.610. The van der Waals surface area contributed by atoms with Crippen molar-refractivity contribution in [1.82, 2.24) is 4.90 Å². The number of likely N-dealkylation sites (N-methyl/N-ethyl adjacent to an activating group) is 1. The zero-order valence-corrected chi connectivity index (χ0v) is 11.0. The van der Waals surface area contributed by atoms with E-state index in [0.717, 1.165) is 13.0 Å². The van der Waals surface area contributed by atoms with Crippen molar-refractivity contribution in [3.8, 4) is 0 Å². The molecule has 0 saturated heterocycles. The summed E-state index contributed by atoms with van der Waals surface area (Å²) in [6.45, 7) is 8.51. The van der Waals surface area contributed by atoms with Gasteiger partial charge in [-0.1, -0.05) is 13.3 Å². The van der Waals surface area contributed by atoms with E-state index in [9.17, 15) is 9.90 Å². The molecule has 0 spiro atoms. The first-order valence-electron chi connectivity index (χ1n) is 5.96. The Morgan fingerprint density at radius 3 is 2.50 bits per heavy atom. The fraction of sp³-hybridized carbons (Fsp3) is 0.917. The highest BCUT2D eigenvalue weighted by Gasteiger charge is 2.33. The third-order valence-electron chi connectivity index (χ3n) is 2.76. The second kappa shape index (κ2) is 7.63. The molecule has 1 N–H and O–H groups in total. The van der Waals surface area contributed by atoms with Crippen LogP contribution in [0.3, 0.4) is 0 Å². The lowest BCUT2D eigenvalue weighted by molar-refractivity contribution is -0.149. The van der Waals surface area contributed by atoms with E-state index in [1.807, 2.05) is 32.7 Å². The Bertz CT molecular complexity index is 208. The number of aliphatic carboxylic acids is 1. The Morgan fingerprint density at radius 1 is 1.44 bits per heavy atom. The Labute approximate surface area is 98.6 Å². The smallest absolute Gasteiger partial charge is 0.310 e. The van der Waals surface area contributed by atoms with Crippen LogP contribution in [0.25, 0.3) is 0 Å². The Morgan fingerprint density at radius 2 is 2.06 bits per heavy atom. The minimum absolute atomic E-state index is 0.573. The van der Waals surface area contributed by atoms with Crippen molar-refractivity contribution in [3.63, 3.8) is 0 Å². The number of carbonyl (C=O) groups is 1. The van der Waals surface area contributed by atoms with Gasteiger partial charge in [-0.05, 0) is 27.3 Å². The highest BCUT2D eigenvalue weighted by molar-refractivity contribution is 5.74. The van der Waals surface area contributed by atoms with E-state index in [1.165, 1.54) is 0 Å². The number of rotatable bonds is 9. The maximum Gasteiger partial charge on any atom is 0.310 e. The molecule has 0 heterocycles. The predicted octanol–water partition coefficient (Wildman–Crippen LogP) is 1.85. The monoisotopic (exact) mass is 231 g/mol. The molecular weight excluding hydrogens is 206 g/mol. The lowest BCUT2D eigenvalue weighted by Gasteiger charge is -2.29. The van der Waals surface area contributed by atoms with E-state index in [-0.39, 0.29) is 0 Å². The molecule has 0 rings (SSSR count). The summed E-state index contributed by atoms with van der Waals surface area (Å²) in [5.41, 5.74) is -0.643. The van der Waals surface area contributed by atoms with Crippen LogP contribution in [-0.2, 0) is 9.53 Å². The van der Waals surface area contributed by atoms with Crippen molar-refractivity contribution in [3.05, 3.63) is 0 Å². The predicted molar refractivity (Wildman–Crippen MR) is 64.6 cm³/mol. The first-order valence-corrected chi connectivity index (χ1v) is 5.96. The molecule has 0 aromatic carbocycles. The molecule has 96 valence electrons. The molecule has 0 aromatic rings. The molecule has 0 aliphatic carbocycles. The summed E-state index contributed by atoms with van der Waals surface area (Å²) < 4.78 is 5.25. The molecule has 0 aliphatic rings. The summed E-state index contributed by atoms with van der Waals surface area (Å²) in [6.07, 6.45) is 1.60. The summed E-state index contributed by atoms with van der Waals surface area (Å²) >= 11 is 0. The zero-order chi connectivity index (χ0) is 12.6. The van der Waals surface area contributed by atoms with Crippen LogP contribution < -0.4 is 0 Å². The molecule has 16 heavy (non-hydrogen) atoms. The van der Waals surface area contributed by atoms with Crippen LogP contribution in [0.1, 0.15) is 33.6 Å². The summed E-state index contributed by atoms with van der Waals surface area (Å²) in [7, 11) is 1.94. The number of hydrogen-bond donors (Lipinski definition) is 1. The zero-order valence-electron chi connectivity index (χ0n) is 11.0. The minimum atomic E-state index is -0.711. The van der Waals surface area contributed by atoms with Gasteiger partial charge in [-0.15, -0.1) is 0 Å². The maximum absolute atomic E-state index is 11.2. The standard InChI is InChI=1S/C12H25NO3/c1-5-7-12(3,11(14)15)10-13(4)8-9-16-6-2/h5-10H2,1-4H3,(H,14,15). The molecule has 0 bridgehead atoms. The summed E-state index contributed by atoms with van der Waals surface area (Å²) in [5, 5.41) is 9.23. The molecule has 1 unspecified atom stereocenters. The SMILES string of the molecule is CCCC(C)(CN(C)CCOCC)C(=O)O. The highest BCUT2D eigenvalue weighted by Crippen LogP contribution is 2.24. The number of carboxylic acid groups (broad SMARTS) is 1. The van der Waals surface area contributed by atoms with Gasteiger partial charge in [0.05, 0.1) is 12.0 Å². The van der Waals surface area contributed by atoms with E-state index in [1.54, 1.807) is 0 Å². The van der Waals surface area contributed by atoms with Crippen LogP contribution in [0.15, 0.2) is 0 Å². The minimum Gasteiger partial charge on any atom is -0.481 e. The van der Waals surface area contributed by atoms with E-state index < -0.39 is 11.4 Å². The lowest BCUT2D eigenvalue weighted by atomic mass is 9.85. The van der Waals surface area contributed by atoms with Gasteiger partial charge in [-0.2, -0.15) is 0 Å². The van der Waals surface area contributed by atoms with Gasteiger partial charge in [-0.3, -0.25) is 4.79 Å².